The van der Waals surface area contributed by atoms with Gasteiger partial charge in [-0.15, -0.1) is 0 Å². The third kappa shape index (κ3) is 2.93. The zero-order valence-electron chi connectivity index (χ0n) is 14.9. The number of fused-ring (bicyclic) bond motifs is 3. The van der Waals surface area contributed by atoms with E-state index in [1.54, 1.807) is 6.92 Å². The number of alkyl halides is 1. The second-order valence-corrected chi connectivity index (χ2v) is 6.94. The van der Waals surface area contributed by atoms with E-state index in [1.165, 1.54) is 23.4 Å². The molecule has 0 aliphatic carbocycles. The molecule has 1 unspecified atom stereocenters. The van der Waals surface area contributed by atoms with Crippen molar-refractivity contribution in [3.8, 4) is 0 Å². The molecular weight excluding hydrogens is 307 g/mol. The molecular formula is C19H25FN2O2. The first-order valence-corrected chi connectivity index (χ1v) is 8.48. The number of esters is 1. The molecule has 0 spiro atoms. The fourth-order valence-corrected chi connectivity index (χ4v) is 3.51. The lowest BCUT2D eigenvalue weighted by Crippen LogP contribution is -2.38. The number of likely N-dealkylation sites (N-methyl/N-ethyl adjacent to an activating group) is 1. The van der Waals surface area contributed by atoms with Gasteiger partial charge in [0, 0.05) is 29.7 Å². The van der Waals surface area contributed by atoms with E-state index in [9.17, 15) is 9.18 Å². The van der Waals surface area contributed by atoms with Crippen molar-refractivity contribution in [2.75, 3.05) is 20.2 Å². The lowest BCUT2D eigenvalue weighted by Gasteiger charge is -2.26. The Kier molecular flexibility index (Phi) is 4.38. The van der Waals surface area contributed by atoms with Crippen LogP contribution in [0.3, 0.4) is 0 Å². The van der Waals surface area contributed by atoms with Crippen molar-refractivity contribution in [2.45, 2.75) is 46.0 Å². The summed E-state index contributed by atoms with van der Waals surface area (Å²) < 4.78 is 21.9. The summed E-state index contributed by atoms with van der Waals surface area (Å²) in [6, 6.07) is 6.23. The summed E-state index contributed by atoms with van der Waals surface area (Å²) in [5.41, 5.74) is 2.53. The number of ether oxygens (including phenoxy) is 1. The summed E-state index contributed by atoms with van der Waals surface area (Å²) in [4.78, 5) is 14.2. The lowest BCUT2D eigenvalue weighted by molar-refractivity contribution is -0.157. The van der Waals surface area contributed by atoms with Gasteiger partial charge in [-0.1, -0.05) is 11.6 Å². The zero-order chi connectivity index (χ0) is 17.5. The topological polar surface area (TPSA) is 34.5 Å². The maximum Gasteiger partial charge on any atom is 0.345 e. The summed E-state index contributed by atoms with van der Waals surface area (Å²) in [6.07, 6.45) is 0.946. The Morgan fingerprint density at radius 2 is 2.17 bits per heavy atom. The van der Waals surface area contributed by atoms with E-state index in [1.807, 2.05) is 16.7 Å². The summed E-state index contributed by atoms with van der Waals surface area (Å²) >= 11 is 0. The molecule has 2 heterocycles. The van der Waals surface area contributed by atoms with E-state index in [0.29, 0.717) is 0 Å². The number of nitrogens with zero attached hydrogens (tertiary/aromatic N) is 2. The molecule has 130 valence electrons. The highest BCUT2D eigenvalue weighted by Gasteiger charge is 2.37. The first kappa shape index (κ1) is 17.0. The van der Waals surface area contributed by atoms with Crippen molar-refractivity contribution in [2.24, 2.45) is 0 Å². The van der Waals surface area contributed by atoms with Gasteiger partial charge in [-0.05, 0) is 51.9 Å². The molecule has 0 N–H and O–H groups in total. The Balaban J connectivity index is 2.10. The van der Waals surface area contributed by atoms with Gasteiger partial charge >= 0.3 is 5.97 Å². The van der Waals surface area contributed by atoms with Gasteiger partial charge < -0.3 is 14.2 Å². The second-order valence-electron chi connectivity index (χ2n) is 6.94. The van der Waals surface area contributed by atoms with E-state index in [0.717, 1.165) is 30.7 Å². The number of hydrogen-bond acceptors (Lipinski definition) is 3. The molecule has 1 aliphatic rings. The van der Waals surface area contributed by atoms with Crippen LogP contribution in [0.15, 0.2) is 18.2 Å². The Hall–Kier alpha value is -1.88. The van der Waals surface area contributed by atoms with Crippen LogP contribution in [0.2, 0.25) is 0 Å². The van der Waals surface area contributed by atoms with Crippen LogP contribution in [0.5, 0.6) is 0 Å². The summed E-state index contributed by atoms with van der Waals surface area (Å²) in [7, 11) is 2.07. The Morgan fingerprint density at radius 3 is 2.88 bits per heavy atom. The van der Waals surface area contributed by atoms with E-state index in [-0.39, 0.29) is 13.2 Å². The van der Waals surface area contributed by atoms with Crippen LogP contribution in [0.25, 0.3) is 10.9 Å². The minimum absolute atomic E-state index is 0.0193. The van der Waals surface area contributed by atoms with Crippen LogP contribution in [0.1, 0.15) is 30.7 Å². The molecule has 0 fully saturated rings. The van der Waals surface area contributed by atoms with E-state index in [2.05, 4.69) is 24.9 Å². The van der Waals surface area contributed by atoms with Crippen molar-refractivity contribution < 1.29 is 13.9 Å². The van der Waals surface area contributed by atoms with Crippen LogP contribution in [0, 0.1) is 6.92 Å². The smallest absolute Gasteiger partial charge is 0.345 e. The predicted molar refractivity (Wildman–Crippen MR) is 92.9 cm³/mol. The maximum atomic E-state index is 15.0. The summed E-state index contributed by atoms with van der Waals surface area (Å²) in [5.74, 6) is -0.795. The van der Waals surface area contributed by atoms with Crippen LogP contribution in [-0.2, 0) is 29.0 Å². The number of aryl methyl sites for hydroxylation is 1. The highest BCUT2D eigenvalue weighted by atomic mass is 19.1. The molecule has 1 aliphatic heterocycles. The Morgan fingerprint density at radius 1 is 1.42 bits per heavy atom. The molecule has 5 heteroatoms. The average molecular weight is 332 g/mol. The largest absolute Gasteiger partial charge is 0.464 e. The maximum absolute atomic E-state index is 15.0. The molecule has 0 saturated carbocycles. The van der Waals surface area contributed by atoms with Gasteiger partial charge in [-0.2, -0.15) is 0 Å². The van der Waals surface area contributed by atoms with Crippen molar-refractivity contribution in [1.82, 2.24) is 9.47 Å². The first-order valence-electron chi connectivity index (χ1n) is 8.48. The molecule has 1 aromatic carbocycles. The van der Waals surface area contributed by atoms with Crippen molar-refractivity contribution >= 4 is 16.9 Å². The van der Waals surface area contributed by atoms with E-state index in [4.69, 9.17) is 4.74 Å². The van der Waals surface area contributed by atoms with Gasteiger partial charge in [0.25, 0.3) is 0 Å². The molecule has 24 heavy (non-hydrogen) atoms. The fourth-order valence-electron chi connectivity index (χ4n) is 3.51. The highest BCUT2D eigenvalue weighted by molar-refractivity contribution is 5.87. The van der Waals surface area contributed by atoms with Crippen molar-refractivity contribution in [1.29, 1.82) is 0 Å². The number of rotatable bonds is 4. The van der Waals surface area contributed by atoms with E-state index >= 15 is 0 Å². The number of carbonyl (C=O) groups excluding carboxylic acids is 1. The van der Waals surface area contributed by atoms with Crippen LogP contribution in [0.4, 0.5) is 4.39 Å². The monoisotopic (exact) mass is 332 g/mol. The average Bonchev–Trinajstić information content (AvgIpc) is 2.80. The molecule has 0 radical (unpaired) electrons. The molecule has 2 aromatic rings. The predicted octanol–water partition coefficient (Wildman–Crippen LogP) is 3.23. The van der Waals surface area contributed by atoms with Gasteiger partial charge in [0.2, 0.25) is 5.67 Å². The van der Waals surface area contributed by atoms with Crippen molar-refractivity contribution in [3.05, 3.63) is 35.0 Å². The Bertz CT molecular complexity index is 779. The van der Waals surface area contributed by atoms with Crippen LogP contribution >= 0.6 is 0 Å². The van der Waals surface area contributed by atoms with Gasteiger partial charge in [0.1, 0.15) is 0 Å². The SMILES string of the molecule is CCOC(=O)C(C)(F)Cn1c2c(c3cc(C)ccc31)CCN(C)C2. The molecule has 4 nitrogen and oxygen atoms in total. The second kappa shape index (κ2) is 6.20. The highest BCUT2D eigenvalue weighted by Crippen LogP contribution is 2.33. The third-order valence-corrected chi connectivity index (χ3v) is 4.76. The lowest BCUT2D eigenvalue weighted by atomic mass is 10.0. The molecule has 0 saturated heterocycles. The van der Waals surface area contributed by atoms with Gasteiger partial charge in [0.15, 0.2) is 0 Å². The van der Waals surface area contributed by atoms with E-state index < -0.39 is 11.6 Å². The quantitative estimate of drug-likeness (QED) is 0.806. The normalized spacial score (nSPS) is 17.5. The molecule has 1 atom stereocenters. The Labute approximate surface area is 142 Å². The molecule has 1 aromatic heterocycles. The number of aromatic nitrogens is 1. The summed E-state index contributed by atoms with van der Waals surface area (Å²) in [5, 5.41) is 1.18. The molecule has 0 bridgehead atoms. The fraction of sp³-hybridized carbons (Fsp3) is 0.526. The number of hydrogen-bond donors (Lipinski definition) is 0. The van der Waals surface area contributed by atoms with Gasteiger partial charge in [0.05, 0.1) is 13.2 Å². The van der Waals surface area contributed by atoms with Crippen LogP contribution < -0.4 is 0 Å². The summed E-state index contributed by atoms with van der Waals surface area (Å²) in [6.45, 7) is 6.99. The molecule has 3 rings (SSSR count). The van der Waals surface area contributed by atoms with Gasteiger partial charge in [-0.3, -0.25) is 0 Å². The van der Waals surface area contributed by atoms with Gasteiger partial charge in [-0.25, -0.2) is 9.18 Å². The number of halogens is 1. The third-order valence-electron chi connectivity index (χ3n) is 4.76. The van der Waals surface area contributed by atoms with Crippen LogP contribution in [-0.4, -0.2) is 41.3 Å². The number of benzene rings is 1. The minimum atomic E-state index is -2.05. The zero-order valence-corrected chi connectivity index (χ0v) is 14.9. The number of carbonyl (C=O) groups is 1. The minimum Gasteiger partial charge on any atom is -0.464 e. The first-order chi connectivity index (χ1) is 11.3. The molecule has 0 amide bonds. The standard InChI is InChI=1S/C19H25FN2O2/c1-5-24-18(23)19(3,20)12-22-16-7-6-13(2)10-15(16)14-8-9-21(4)11-17(14)22/h6-7,10H,5,8-9,11-12H2,1-4H3. The van der Waals surface area contributed by atoms with Crippen molar-refractivity contribution in [3.63, 3.8) is 0 Å².